The van der Waals surface area contributed by atoms with Crippen LogP contribution in [-0.2, 0) is 16.1 Å². The first-order valence-corrected chi connectivity index (χ1v) is 10.2. The van der Waals surface area contributed by atoms with Crippen molar-refractivity contribution in [2.24, 2.45) is 11.7 Å². The molecule has 29 heavy (non-hydrogen) atoms. The molecule has 8 heteroatoms. The highest BCUT2D eigenvalue weighted by Crippen LogP contribution is 2.15. The fourth-order valence-corrected chi connectivity index (χ4v) is 3.65. The topological polar surface area (TPSA) is 106 Å². The Bertz CT molecular complexity index is 820. The van der Waals surface area contributed by atoms with E-state index in [1.54, 1.807) is 10.9 Å². The van der Waals surface area contributed by atoms with E-state index in [1.807, 2.05) is 44.2 Å². The average molecular weight is 399 g/mol. The quantitative estimate of drug-likeness (QED) is 0.728. The number of likely N-dealkylation sites (tertiary alicyclic amines) is 1. The largest absolute Gasteiger partial charge is 0.345 e. The third-order valence-electron chi connectivity index (χ3n) is 5.12. The third kappa shape index (κ3) is 5.71. The van der Waals surface area contributed by atoms with Crippen LogP contribution in [0.3, 0.4) is 0 Å². The maximum absolute atomic E-state index is 12.8. The Labute approximate surface area is 171 Å². The van der Waals surface area contributed by atoms with Crippen LogP contribution >= 0.6 is 0 Å². The number of carbonyl (C=O) groups excluding carboxylic acids is 2. The lowest BCUT2D eigenvalue weighted by atomic mass is 10.0. The van der Waals surface area contributed by atoms with Crippen LogP contribution in [-0.4, -0.2) is 56.8 Å². The molecular formula is C21H30N6O2. The van der Waals surface area contributed by atoms with Crippen molar-refractivity contribution in [1.82, 2.24) is 25.2 Å². The molecule has 2 heterocycles. The predicted molar refractivity (Wildman–Crippen MR) is 110 cm³/mol. The van der Waals surface area contributed by atoms with E-state index in [-0.39, 0.29) is 18.2 Å². The zero-order chi connectivity index (χ0) is 20.8. The van der Waals surface area contributed by atoms with E-state index in [0.29, 0.717) is 25.3 Å². The Morgan fingerprint density at radius 1 is 1.31 bits per heavy atom. The van der Waals surface area contributed by atoms with Crippen LogP contribution in [0.5, 0.6) is 0 Å². The fourth-order valence-electron chi connectivity index (χ4n) is 3.65. The van der Waals surface area contributed by atoms with Gasteiger partial charge >= 0.3 is 0 Å². The van der Waals surface area contributed by atoms with Crippen molar-refractivity contribution in [3.63, 3.8) is 0 Å². The zero-order valence-electron chi connectivity index (χ0n) is 17.1. The molecular weight excluding hydrogens is 368 g/mol. The molecule has 1 unspecified atom stereocenters. The van der Waals surface area contributed by atoms with Gasteiger partial charge in [-0.25, -0.2) is 4.68 Å². The Hall–Kier alpha value is -2.58. The third-order valence-corrected chi connectivity index (χ3v) is 5.12. The van der Waals surface area contributed by atoms with Gasteiger partial charge < -0.3 is 11.1 Å². The number of nitrogens with one attached hydrogen (secondary N) is 1. The van der Waals surface area contributed by atoms with E-state index >= 15 is 0 Å². The molecule has 1 aliphatic heterocycles. The van der Waals surface area contributed by atoms with Gasteiger partial charge in [-0.1, -0.05) is 37.3 Å². The zero-order valence-corrected chi connectivity index (χ0v) is 17.1. The molecule has 1 fully saturated rings. The van der Waals surface area contributed by atoms with E-state index < -0.39 is 12.1 Å². The van der Waals surface area contributed by atoms with E-state index in [4.69, 9.17) is 5.73 Å². The molecule has 156 valence electrons. The summed E-state index contributed by atoms with van der Waals surface area (Å²) in [7, 11) is 0. The second-order valence-corrected chi connectivity index (χ2v) is 8.09. The van der Waals surface area contributed by atoms with Crippen molar-refractivity contribution in [3.05, 3.63) is 42.2 Å². The molecule has 1 aromatic carbocycles. The molecule has 8 nitrogen and oxygen atoms in total. The van der Waals surface area contributed by atoms with Gasteiger partial charge in [0.05, 0.1) is 36.2 Å². The van der Waals surface area contributed by atoms with Crippen LogP contribution < -0.4 is 11.1 Å². The van der Waals surface area contributed by atoms with Crippen LogP contribution in [0.1, 0.15) is 38.8 Å². The SMILES string of the molecule is CC(C)C[C@H](N)C(=O)NC1CCCN(Cc2cnnn2-c2ccccc2)CC1=O. The van der Waals surface area contributed by atoms with Crippen LogP contribution in [0.15, 0.2) is 36.5 Å². The van der Waals surface area contributed by atoms with Gasteiger partial charge in [-0.2, -0.15) is 0 Å². The van der Waals surface area contributed by atoms with Crippen molar-refractivity contribution in [2.75, 3.05) is 13.1 Å². The van der Waals surface area contributed by atoms with E-state index in [1.165, 1.54) is 0 Å². The molecule has 3 N–H and O–H groups in total. The summed E-state index contributed by atoms with van der Waals surface area (Å²) >= 11 is 0. The smallest absolute Gasteiger partial charge is 0.237 e. The molecule has 2 atom stereocenters. The van der Waals surface area contributed by atoms with Crippen molar-refractivity contribution in [1.29, 1.82) is 0 Å². The number of benzene rings is 1. The number of carbonyl (C=O) groups is 2. The monoisotopic (exact) mass is 398 g/mol. The first-order chi connectivity index (χ1) is 13.9. The van der Waals surface area contributed by atoms with Crippen LogP contribution in [0, 0.1) is 5.92 Å². The molecule has 0 spiro atoms. The summed E-state index contributed by atoms with van der Waals surface area (Å²) in [5.41, 5.74) is 7.82. The molecule has 1 saturated heterocycles. The molecule has 3 rings (SSSR count). The number of nitrogens with two attached hydrogens (primary N) is 1. The lowest BCUT2D eigenvalue weighted by molar-refractivity contribution is -0.129. The number of nitrogens with zero attached hydrogens (tertiary/aromatic N) is 4. The summed E-state index contributed by atoms with van der Waals surface area (Å²) in [6.07, 6.45) is 3.79. The van der Waals surface area contributed by atoms with Gasteiger partial charge in [0.25, 0.3) is 0 Å². The lowest BCUT2D eigenvalue weighted by Crippen LogP contribution is -2.49. The van der Waals surface area contributed by atoms with Gasteiger partial charge in [0.2, 0.25) is 5.91 Å². The molecule has 0 saturated carbocycles. The van der Waals surface area contributed by atoms with E-state index in [0.717, 1.165) is 24.3 Å². The minimum atomic E-state index is -0.576. The first kappa shape index (κ1) is 21.1. The van der Waals surface area contributed by atoms with Crippen molar-refractivity contribution < 1.29 is 9.59 Å². The first-order valence-electron chi connectivity index (χ1n) is 10.2. The number of Topliss-reactive ketones (excluding diaryl/α,β-unsaturated/α-hetero) is 1. The Kier molecular flexibility index (Phi) is 7.11. The summed E-state index contributed by atoms with van der Waals surface area (Å²) in [4.78, 5) is 27.2. The second-order valence-electron chi connectivity index (χ2n) is 8.09. The minimum absolute atomic E-state index is 0.0198. The molecule has 0 bridgehead atoms. The number of aromatic nitrogens is 3. The number of ketones is 1. The maximum Gasteiger partial charge on any atom is 0.237 e. The highest BCUT2D eigenvalue weighted by atomic mass is 16.2. The highest BCUT2D eigenvalue weighted by Gasteiger charge is 2.28. The lowest BCUT2D eigenvalue weighted by Gasteiger charge is -2.21. The predicted octanol–water partition coefficient (Wildman–Crippen LogP) is 1.29. The van der Waals surface area contributed by atoms with Gasteiger partial charge in [-0.05, 0) is 43.9 Å². The summed E-state index contributed by atoms with van der Waals surface area (Å²) in [6, 6.07) is 8.75. The average Bonchev–Trinajstić information content (AvgIpc) is 3.07. The van der Waals surface area contributed by atoms with Gasteiger partial charge in [-0.15, -0.1) is 5.10 Å². The summed E-state index contributed by atoms with van der Waals surface area (Å²) in [5.74, 6) is 0.113. The standard InChI is InChI=1S/C21H30N6O2/c1-15(2)11-18(22)21(29)24-19-9-6-10-26(14-20(19)28)13-17-12-23-25-27(17)16-7-4-3-5-8-16/h3-5,7-8,12,15,18-19H,6,9-11,13-14,22H2,1-2H3,(H,24,29)/t18-,19?/m0/s1. The minimum Gasteiger partial charge on any atom is -0.345 e. The van der Waals surface area contributed by atoms with E-state index in [9.17, 15) is 9.59 Å². The summed E-state index contributed by atoms with van der Waals surface area (Å²) < 4.78 is 1.79. The molecule has 2 aromatic rings. The number of amides is 1. The van der Waals surface area contributed by atoms with Crippen LogP contribution in [0.2, 0.25) is 0 Å². The molecule has 1 aliphatic rings. The molecule has 0 aliphatic carbocycles. The van der Waals surface area contributed by atoms with Crippen molar-refractivity contribution in [3.8, 4) is 5.69 Å². The highest BCUT2D eigenvalue weighted by molar-refractivity contribution is 5.92. The normalized spacial score (nSPS) is 19.2. The van der Waals surface area contributed by atoms with Gasteiger partial charge in [0.1, 0.15) is 0 Å². The maximum atomic E-state index is 12.8. The number of para-hydroxylation sites is 1. The fraction of sp³-hybridized carbons (Fsp3) is 0.524. The number of rotatable bonds is 7. The molecule has 1 amide bonds. The molecule has 0 radical (unpaired) electrons. The Morgan fingerprint density at radius 3 is 2.79 bits per heavy atom. The van der Waals surface area contributed by atoms with Gasteiger partial charge in [-0.3, -0.25) is 14.5 Å². The number of hydrogen-bond acceptors (Lipinski definition) is 6. The number of hydrogen-bond donors (Lipinski definition) is 2. The second kappa shape index (κ2) is 9.76. The Balaban J connectivity index is 1.61. The molecule has 1 aromatic heterocycles. The van der Waals surface area contributed by atoms with Gasteiger partial charge in [0.15, 0.2) is 5.78 Å². The van der Waals surface area contributed by atoms with E-state index in [2.05, 4.69) is 20.5 Å². The Morgan fingerprint density at radius 2 is 2.07 bits per heavy atom. The summed E-state index contributed by atoms with van der Waals surface area (Å²) in [6.45, 7) is 5.68. The van der Waals surface area contributed by atoms with Crippen molar-refractivity contribution in [2.45, 2.75) is 51.7 Å². The van der Waals surface area contributed by atoms with Crippen LogP contribution in [0.4, 0.5) is 0 Å². The van der Waals surface area contributed by atoms with Crippen LogP contribution in [0.25, 0.3) is 5.69 Å². The van der Waals surface area contributed by atoms with Gasteiger partial charge in [0, 0.05) is 6.54 Å². The summed E-state index contributed by atoms with van der Waals surface area (Å²) in [5, 5.41) is 11.1. The van der Waals surface area contributed by atoms with Crippen molar-refractivity contribution >= 4 is 11.7 Å².